The molecule has 6 nitrogen and oxygen atoms in total. The summed E-state index contributed by atoms with van der Waals surface area (Å²) in [5.41, 5.74) is 0. The molecule has 0 aliphatic carbocycles. The Labute approximate surface area is 317 Å². The van der Waals surface area contributed by atoms with E-state index in [4.69, 9.17) is 14.2 Å². The summed E-state index contributed by atoms with van der Waals surface area (Å²) in [5, 5.41) is 0. The normalized spacial score (nSPS) is 11.8. The first-order valence-corrected chi connectivity index (χ1v) is 22.5. The van der Waals surface area contributed by atoms with E-state index in [1.54, 1.807) is 0 Å². The molecular weight excluding hydrogens is 636 g/mol. The fourth-order valence-corrected chi connectivity index (χ4v) is 6.68. The molecule has 0 aromatic carbocycles. The van der Waals surface area contributed by atoms with Gasteiger partial charge in [0, 0.05) is 19.3 Å². The van der Waals surface area contributed by atoms with Crippen molar-refractivity contribution in [2.24, 2.45) is 0 Å². The summed E-state index contributed by atoms with van der Waals surface area (Å²) in [6.45, 7) is 6.63. The van der Waals surface area contributed by atoms with Crippen molar-refractivity contribution in [3.8, 4) is 0 Å². The number of esters is 3. The van der Waals surface area contributed by atoms with Crippen molar-refractivity contribution in [1.29, 1.82) is 0 Å². The second kappa shape index (κ2) is 41.2. The average Bonchev–Trinajstić information content (AvgIpc) is 3.12. The monoisotopic (exact) mass is 723 g/mol. The van der Waals surface area contributed by atoms with Gasteiger partial charge >= 0.3 is 17.9 Å². The molecule has 0 saturated carbocycles. The van der Waals surface area contributed by atoms with E-state index in [0.29, 0.717) is 19.3 Å². The molecule has 0 aromatic heterocycles. The molecule has 0 fully saturated rings. The molecule has 51 heavy (non-hydrogen) atoms. The van der Waals surface area contributed by atoms with Gasteiger partial charge in [0.1, 0.15) is 13.2 Å². The Morgan fingerprint density at radius 1 is 0.314 bits per heavy atom. The summed E-state index contributed by atoms with van der Waals surface area (Å²) in [6.07, 6.45) is 40.8. The van der Waals surface area contributed by atoms with Crippen LogP contribution in [0.5, 0.6) is 0 Å². The first kappa shape index (κ1) is 49.4. The van der Waals surface area contributed by atoms with Gasteiger partial charge in [-0.3, -0.25) is 14.4 Å². The maximum Gasteiger partial charge on any atom is 0.306 e. The minimum absolute atomic E-state index is 0.0629. The second-order valence-electron chi connectivity index (χ2n) is 15.3. The lowest BCUT2D eigenvalue weighted by atomic mass is 10.0. The fourth-order valence-electron chi connectivity index (χ4n) is 6.68. The average molecular weight is 723 g/mol. The third-order valence-corrected chi connectivity index (χ3v) is 10.1. The Balaban J connectivity index is 4.30. The molecule has 0 bridgehead atoms. The van der Waals surface area contributed by atoms with Crippen LogP contribution in [0.3, 0.4) is 0 Å². The van der Waals surface area contributed by atoms with E-state index in [1.165, 1.54) is 154 Å². The lowest BCUT2D eigenvalue weighted by Crippen LogP contribution is -2.30. The van der Waals surface area contributed by atoms with Crippen LogP contribution >= 0.6 is 0 Å². The molecule has 0 spiro atoms. The predicted molar refractivity (Wildman–Crippen MR) is 215 cm³/mol. The standard InChI is InChI=1S/C45H86O6/c1-4-7-10-13-16-19-22-23-24-27-29-32-35-38-44(47)50-41-42(51-45(48)39-36-33-30-26-21-18-15-12-9-6-3)40-49-43(46)37-34-31-28-25-20-17-14-11-8-5-2/h42H,4-41H2,1-3H3/t42-/m0/s1. The Bertz CT molecular complexity index is 753. The second-order valence-corrected chi connectivity index (χ2v) is 15.3. The third kappa shape index (κ3) is 39.5. The van der Waals surface area contributed by atoms with Crippen LogP contribution in [0.1, 0.15) is 252 Å². The Kier molecular flexibility index (Phi) is 39.9. The minimum atomic E-state index is -0.757. The van der Waals surface area contributed by atoms with E-state index >= 15 is 0 Å². The molecule has 0 rings (SSSR count). The highest BCUT2D eigenvalue weighted by Gasteiger charge is 2.19. The molecule has 0 saturated heterocycles. The van der Waals surface area contributed by atoms with Gasteiger partial charge in [0.15, 0.2) is 6.10 Å². The van der Waals surface area contributed by atoms with Crippen LogP contribution in [0.2, 0.25) is 0 Å². The Morgan fingerprint density at radius 3 is 0.784 bits per heavy atom. The number of carbonyl (C=O) groups is 3. The molecule has 1 atom stereocenters. The summed E-state index contributed by atoms with van der Waals surface area (Å²) >= 11 is 0. The molecule has 302 valence electrons. The van der Waals surface area contributed by atoms with Gasteiger partial charge in [0.2, 0.25) is 0 Å². The molecule has 0 amide bonds. The Hall–Kier alpha value is -1.59. The lowest BCUT2D eigenvalue weighted by molar-refractivity contribution is -0.167. The van der Waals surface area contributed by atoms with Crippen molar-refractivity contribution in [3.63, 3.8) is 0 Å². The zero-order chi connectivity index (χ0) is 37.3. The molecular formula is C45H86O6. The highest BCUT2D eigenvalue weighted by atomic mass is 16.6. The van der Waals surface area contributed by atoms with Gasteiger partial charge in [-0.15, -0.1) is 0 Å². The van der Waals surface area contributed by atoms with Crippen molar-refractivity contribution in [2.75, 3.05) is 13.2 Å². The summed E-state index contributed by atoms with van der Waals surface area (Å²) < 4.78 is 16.7. The molecule has 0 aliphatic heterocycles. The van der Waals surface area contributed by atoms with E-state index in [9.17, 15) is 14.4 Å². The topological polar surface area (TPSA) is 78.9 Å². The van der Waals surface area contributed by atoms with E-state index in [1.807, 2.05) is 0 Å². The van der Waals surface area contributed by atoms with Crippen LogP contribution in [0.4, 0.5) is 0 Å². The number of hydrogen-bond acceptors (Lipinski definition) is 6. The van der Waals surface area contributed by atoms with Crippen LogP contribution < -0.4 is 0 Å². The lowest BCUT2D eigenvalue weighted by Gasteiger charge is -2.18. The number of hydrogen-bond donors (Lipinski definition) is 0. The summed E-state index contributed by atoms with van der Waals surface area (Å²) in [5.74, 6) is -0.855. The summed E-state index contributed by atoms with van der Waals surface area (Å²) in [7, 11) is 0. The van der Waals surface area contributed by atoms with Gasteiger partial charge in [-0.25, -0.2) is 0 Å². The number of carbonyl (C=O) groups excluding carboxylic acids is 3. The fraction of sp³-hybridized carbons (Fsp3) is 0.933. The SMILES string of the molecule is CCCCCCCCCCCCCCCC(=O)OC[C@H](COC(=O)CCCCCCCCCCCC)OC(=O)CCCCCCCCCCCC. The van der Waals surface area contributed by atoms with Crippen LogP contribution in [0.25, 0.3) is 0 Å². The van der Waals surface area contributed by atoms with Gasteiger partial charge in [0.25, 0.3) is 0 Å². The first-order valence-electron chi connectivity index (χ1n) is 22.5. The minimum Gasteiger partial charge on any atom is -0.462 e. The highest BCUT2D eigenvalue weighted by Crippen LogP contribution is 2.15. The molecule has 0 aromatic rings. The zero-order valence-corrected chi connectivity index (χ0v) is 34.4. The van der Waals surface area contributed by atoms with Crippen LogP contribution in [-0.4, -0.2) is 37.2 Å². The smallest absolute Gasteiger partial charge is 0.306 e. The van der Waals surface area contributed by atoms with Gasteiger partial charge in [-0.1, -0.05) is 213 Å². The first-order chi connectivity index (χ1) is 25.0. The largest absolute Gasteiger partial charge is 0.462 e. The summed E-state index contributed by atoms with van der Waals surface area (Å²) in [6, 6.07) is 0. The number of unbranched alkanes of at least 4 members (excludes halogenated alkanes) is 30. The van der Waals surface area contributed by atoms with Crippen molar-refractivity contribution >= 4 is 17.9 Å². The molecule has 0 unspecified atom stereocenters. The van der Waals surface area contributed by atoms with Crippen molar-refractivity contribution in [2.45, 2.75) is 258 Å². The predicted octanol–water partition coefficient (Wildman–Crippen LogP) is 14.1. The molecule has 0 radical (unpaired) electrons. The van der Waals surface area contributed by atoms with Crippen LogP contribution in [-0.2, 0) is 28.6 Å². The molecule has 6 heteroatoms. The van der Waals surface area contributed by atoms with Gasteiger partial charge < -0.3 is 14.2 Å². The maximum atomic E-state index is 12.7. The van der Waals surface area contributed by atoms with Crippen molar-refractivity contribution in [3.05, 3.63) is 0 Å². The Morgan fingerprint density at radius 2 is 0.529 bits per heavy atom. The molecule has 0 heterocycles. The van der Waals surface area contributed by atoms with Crippen molar-refractivity contribution < 1.29 is 28.6 Å². The van der Waals surface area contributed by atoms with E-state index in [2.05, 4.69) is 20.8 Å². The maximum absolute atomic E-state index is 12.7. The zero-order valence-electron chi connectivity index (χ0n) is 34.4. The van der Waals surface area contributed by atoms with E-state index in [-0.39, 0.29) is 31.1 Å². The number of rotatable bonds is 41. The summed E-state index contributed by atoms with van der Waals surface area (Å²) in [4.78, 5) is 37.6. The van der Waals surface area contributed by atoms with Crippen LogP contribution in [0, 0.1) is 0 Å². The van der Waals surface area contributed by atoms with E-state index < -0.39 is 6.10 Å². The quantitative estimate of drug-likeness (QED) is 0.0355. The van der Waals surface area contributed by atoms with Gasteiger partial charge in [0.05, 0.1) is 0 Å². The van der Waals surface area contributed by atoms with E-state index in [0.717, 1.165) is 57.8 Å². The highest BCUT2D eigenvalue weighted by molar-refractivity contribution is 5.71. The third-order valence-electron chi connectivity index (χ3n) is 10.1. The van der Waals surface area contributed by atoms with Crippen LogP contribution in [0.15, 0.2) is 0 Å². The van der Waals surface area contributed by atoms with Gasteiger partial charge in [-0.05, 0) is 19.3 Å². The van der Waals surface area contributed by atoms with Gasteiger partial charge in [-0.2, -0.15) is 0 Å². The number of ether oxygens (including phenoxy) is 3. The molecule has 0 aliphatic rings. The molecule has 0 N–H and O–H groups in total. The van der Waals surface area contributed by atoms with Crippen molar-refractivity contribution in [1.82, 2.24) is 0 Å².